The number of oxazole rings is 1. The maximum atomic E-state index is 11.5. The molecular formula is C10H13N3O3. The van der Waals surface area contributed by atoms with Crippen LogP contribution in [0.5, 0.6) is 0 Å². The Morgan fingerprint density at radius 3 is 3.25 bits per heavy atom. The molecule has 6 nitrogen and oxygen atoms in total. The summed E-state index contributed by atoms with van der Waals surface area (Å²) in [4.78, 5) is 15.6. The smallest absolute Gasteiger partial charge is 0.406 e. The van der Waals surface area contributed by atoms with Crippen molar-refractivity contribution in [2.24, 2.45) is 0 Å². The van der Waals surface area contributed by atoms with E-state index in [0.29, 0.717) is 17.8 Å². The summed E-state index contributed by atoms with van der Waals surface area (Å²) < 4.78 is 6.32. The van der Waals surface area contributed by atoms with Gasteiger partial charge in [-0.15, -0.1) is 0 Å². The van der Waals surface area contributed by atoms with Crippen LogP contribution in [0.1, 0.15) is 0 Å². The minimum absolute atomic E-state index is 0.170. The standard InChI is InChI=1S/C10H13N3O3/c1-11-5-7(14)6-13-9-8(16-10(13)15)3-2-4-12-9/h2-4,7,11,14H,5-6H2,1H3. The van der Waals surface area contributed by atoms with Crippen LogP contribution in [0.3, 0.4) is 0 Å². The maximum absolute atomic E-state index is 11.5. The molecule has 2 heterocycles. The van der Waals surface area contributed by atoms with Crippen LogP contribution >= 0.6 is 0 Å². The Balaban J connectivity index is 2.36. The van der Waals surface area contributed by atoms with E-state index >= 15 is 0 Å². The first-order chi connectivity index (χ1) is 7.72. The van der Waals surface area contributed by atoms with Crippen molar-refractivity contribution in [3.05, 3.63) is 28.9 Å². The fourth-order valence-corrected chi connectivity index (χ4v) is 1.57. The molecule has 2 N–H and O–H groups in total. The van der Waals surface area contributed by atoms with Gasteiger partial charge in [0.25, 0.3) is 0 Å². The number of likely N-dealkylation sites (N-methyl/N-ethyl adjacent to an activating group) is 1. The number of rotatable bonds is 4. The van der Waals surface area contributed by atoms with E-state index < -0.39 is 11.9 Å². The number of hydrogen-bond acceptors (Lipinski definition) is 5. The van der Waals surface area contributed by atoms with E-state index in [9.17, 15) is 9.90 Å². The molecule has 0 aliphatic rings. The van der Waals surface area contributed by atoms with E-state index in [-0.39, 0.29) is 6.54 Å². The Kier molecular flexibility index (Phi) is 3.02. The first kappa shape index (κ1) is 10.8. The van der Waals surface area contributed by atoms with Gasteiger partial charge in [-0.05, 0) is 19.2 Å². The molecule has 0 radical (unpaired) electrons. The van der Waals surface area contributed by atoms with Crippen molar-refractivity contribution in [2.75, 3.05) is 13.6 Å². The molecule has 2 aromatic heterocycles. The first-order valence-corrected chi connectivity index (χ1v) is 4.99. The lowest BCUT2D eigenvalue weighted by Crippen LogP contribution is -2.31. The number of fused-ring (bicyclic) bond motifs is 1. The van der Waals surface area contributed by atoms with Crippen LogP contribution in [0.25, 0.3) is 11.2 Å². The van der Waals surface area contributed by atoms with Gasteiger partial charge in [-0.3, -0.25) is 4.57 Å². The molecule has 0 spiro atoms. The number of pyridine rings is 1. The summed E-state index contributed by atoms with van der Waals surface area (Å²) in [6.45, 7) is 0.579. The summed E-state index contributed by atoms with van der Waals surface area (Å²) in [5, 5.41) is 12.4. The summed E-state index contributed by atoms with van der Waals surface area (Å²) in [5.41, 5.74) is 0.895. The predicted octanol–water partition coefficient (Wildman–Crippen LogP) is -0.430. The van der Waals surface area contributed by atoms with Crippen molar-refractivity contribution in [3.63, 3.8) is 0 Å². The van der Waals surface area contributed by atoms with Crippen LogP contribution in [0.4, 0.5) is 0 Å². The molecule has 1 atom stereocenters. The van der Waals surface area contributed by atoms with Crippen molar-refractivity contribution in [1.82, 2.24) is 14.9 Å². The van der Waals surface area contributed by atoms with E-state index in [0.717, 1.165) is 0 Å². The first-order valence-electron chi connectivity index (χ1n) is 4.99. The van der Waals surface area contributed by atoms with Crippen LogP contribution in [0, 0.1) is 0 Å². The van der Waals surface area contributed by atoms with Gasteiger partial charge in [-0.2, -0.15) is 0 Å². The van der Waals surface area contributed by atoms with Crippen LogP contribution in [-0.2, 0) is 6.54 Å². The molecule has 0 aliphatic carbocycles. The minimum atomic E-state index is -0.648. The van der Waals surface area contributed by atoms with E-state index in [2.05, 4.69) is 10.3 Å². The van der Waals surface area contributed by atoms with Gasteiger partial charge >= 0.3 is 5.76 Å². The van der Waals surface area contributed by atoms with Gasteiger partial charge in [0.1, 0.15) is 0 Å². The Labute approximate surface area is 91.5 Å². The molecule has 0 aliphatic heterocycles. The monoisotopic (exact) mass is 223 g/mol. The van der Waals surface area contributed by atoms with E-state index in [1.165, 1.54) is 4.57 Å². The van der Waals surface area contributed by atoms with Gasteiger partial charge in [-0.1, -0.05) is 0 Å². The normalized spacial score (nSPS) is 13.1. The number of aromatic nitrogens is 2. The lowest BCUT2D eigenvalue weighted by atomic mass is 10.3. The van der Waals surface area contributed by atoms with Gasteiger partial charge in [0.05, 0.1) is 12.6 Å². The highest BCUT2D eigenvalue weighted by Crippen LogP contribution is 2.08. The van der Waals surface area contributed by atoms with Crippen LogP contribution in [-0.4, -0.2) is 34.4 Å². The van der Waals surface area contributed by atoms with Gasteiger partial charge in [-0.25, -0.2) is 9.78 Å². The average molecular weight is 223 g/mol. The molecule has 2 rings (SSSR count). The summed E-state index contributed by atoms with van der Waals surface area (Å²) in [7, 11) is 1.73. The number of aliphatic hydroxyl groups is 1. The predicted molar refractivity (Wildman–Crippen MR) is 58.2 cm³/mol. The molecule has 0 aromatic carbocycles. The topological polar surface area (TPSA) is 80.3 Å². The Hall–Kier alpha value is -1.66. The molecule has 0 bridgehead atoms. The van der Waals surface area contributed by atoms with Gasteiger partial charge in [0.2, 0.25) is 0 Å². The molecule has 0 saturated heterocycles. The van der Waals surface area contributed by atoms with Gasteiger partial charge in [0, 0.05) is 12.7 Å². The second-order valence-corrected chi connectivity index (χ2v) is 3.52. The summed E-state index contributed by atoms with van der Waals surface area (Å²) in [6, 6.07) is 3.37. The lowest BCUT2D eigenvalue weighted by molar-refractivity contribution is 0.152. The van der Waals surface area contributed by atoms with E-state index in [1.54, 1.807) is 25.4 Å². The minimum Gasteiger partial charge on any atom is -0.406 e. The molecule has 1 unspecified atom stereocenters. The summed E-state index contributed by atoms with van der Waals surface area (Å²) in [6.07, 6.45) is 0.934. The SMILES string of the molecule is CNCC(O)Cn1c(=O)oc2cccnc21. The van der Waals surface area contributed by atoms with Crippen molar-refractivity contribution in [1.29, 1.82) is 0 Å². The van der Waals surface area contributed by atoms with Crippen LogP contribution in [0.2, 0.25) is 0 Å². The fraction of sp³-hybridized carbons (Fsp3) is 0.400. The van der Waals surface area contributed by atoms with E-state index in [1.807, 2.05) is 0 Å². The third kappa shape index (κ3) is 1.98. The van der Waals surface area contributed by atoms with Gasteiger partial charge < -0.3 is 14.8 Å². The molecule has 0 amide bonds. The highest BCUT2D eigenvalue weighted by molar-refractivity contribution is 5.67. The molecule has 2 aromatic rings. The average Bonchev–Trinajstić information content (AvgIpc) is 2.56. The van der Waals surface area contributed by atoms with Crippen molar-refractivity contribution >= 4 is 11.2 Å². The van der Waals surface area contributed by atoms with Gasteiger partial charge in [0.15, 0.2) is 11.2 Å². The zero-order valence-electron chi connectivity index (χ0n) is 8.88. The highest BCUT2D eigenvalue weighted by Gasteiger charge is 2.13. The van der Waals surface area contributed by atoms with E-state index in [4.69, 9.17) is 4.42 Å². The van der Waals surface area contributed by atoms with Crippen LogP contribution in [0.15, 0.2) is 27.5 Å². The number of hydrogen-bond donors (Lipinski definition) is 2. The maximum Gasteiger partial charge on any atom is 0.421 e. The molecule has 16 heavy (non-hydrogen) atoms. The third-order valence-corrected chi connectivity index (χ3v) is 2.26. The molecule has 0 fully saturated rings. The molecular weight excluding hydrogens is 210 g/mol. The number of nitrogens with one attached hydrogen (secondary N) is 1. The zero-order chi connectivity index (χ0) is 11.5. The Morgan fingerprint density at radius 1 is 1.69 bits per heavy atom. The number of aliphatic hydroxyl groups excluding tert-OH is 1. The molecule has 6 heteroatoms. The van der Waals surface area contributed by atoms with Crippen molar-refractivity contribution in [3.8, 4) is 0 Å². The summed E-state index contributed by atoms with van der Waals surface area (Å²) >= 11 is 0. The second-order valence-electron chi connectivity index (χ2n) is 3.52. The lowest BCUT2D eigenvalue weighted by Gasteiger charge is -2.09. The van der Waals surface area contributed by atoms with Crippen LogP contribution < -0.4 is 11.1 Å². The Morgan fingerprint density at radius 2 is 2.50 bits per heavy atom. The highest BCUT2D eigenvalue weighted by atomic mass is 16.4. The van der Waals surface area contributed by atoms with Crippen molar-refractivity contribution in [2.45, 2.75) is 12.6 Å². The summed E-state index contributed by atoms with van der Waals surface area (Å²) in [5.74, 6) is -0.496. The molecule has 86 valence electrons. The molecule has 0 saturated carbocycles. The zero-order valence-corrected chi connectivity index (χ0v) is 8.88. The Bertz CT molecular complexity index is 531. The largest absolute Gasteiger partial charge is 0.421 e. The van der Waals surface area contributed by atoms with Crippen molar-refractivity contribution < 1.29 is 9.52 Å². The number of nitrogens with zero attached hydrogens (tertiary/aromatic N) is 2. The fourth-order valence-electron chi connectivity index (χ4n) is 1.57. The third-order valence-electron chi connectivity index (χ3n) is 2.26. The quantitative estimate of drug-likeness (QED) is 0.735. The second kappa shape index (κ2) is 4.46.